The van der Waals surface area contributed by atoms with E-state index in [4.69, 9.17) is 4.74 Å². The number of hydrogen-bond donors (Lipinski definition) is 1. The highest BCUT2D eigenvalue weighted by atomic mass is 19.1. The maximum Gasteiger partial charge on any atom is 0.255 e. The number of carbonyl (C=O) groups excluding carboxylic acids is 2. The van der Waals surface area contributed by atoms with Crippen LogP contribution in [0.1, 0.15) is 23.7 Å². The van der Waals surface area contributed by atoms with Gasteiger partial charge in [0.15, 0.2) is 0 Å². The number of ether oxygens (including phenoxy) is 1. The summed E-state index contributed by atoms with van der Waals surface area (Å²) in [5, 5.41) is 2.90. The van der Waals surface area contributed by atoms with Crippen LogP contribution in [0, 0.1) is 5.82 Å². The van der Waals surface area contributed by atoms with E-state index >= 15 is 0 Å². The first-order valence-corrected chi connectivity index (χ1v) is 10.8. The Labute approximate surface area is 192 Å². The van der Waals surface area contributed by atoms with Crippen LogP contribution in [-0.2, 0) is 4.79 Å². The molecule has 3 aromatic carbocycles. The topological polar surface area (TPSA) is 61.9 Å². The van der Waals surface area contributed by atoms with Gasteiger partial charge in [0, 0.05) is 44.0 Å². The van der Waals surface area contributed by atoms with Gasteiger partial charge in [-0.3, -0.25) is 9.59 Å². The third kappa shape index (κ3) is 5.49. The van der Waals surface area contributed by atoms with Gasteiger partial charge in [-0.25, -0.2) is 4.39 Å². The lowest BCUT2D eigenvalue weighted by molar-refractivity contribution is -0.129. The van der Waals surface area contributed by atoms with Gasteiger partial charge < -0.3 is 19.9 Å². The maximum atomic E-state index is 13.0. The molecule has 3 aromatic rings. The minimum Gasteiger partial charge on any atom is -0.457 e. The van der Waals surface area contributed by atoms with Gasteiger partial charge in [-0.2, -0.15) is 0 Å². The van der Waals surface area contributed by atoms with Gasteiger partial charge in [0.25, 0.3) is 5.91 Å². The number of anilines is 2. The van der Waals surface area contributed by atoms with Crippen LogP contribution in [0.25, 0.3) is 0 Å². The Morgan fingerprint density at radius 1 is 0.970 bits per heavy atom. The number of rotatable bonds is 6. The Bertz CT molecular complexity index is 1120. The lowest BCUT2D eigenvalue weighted by atomic mass is 10.2. The number of hydrogen-bond acceptors (Lipinski definition) is 4. The van der Waals surface area contributed by atoms with Gasteiger partial charge in [0.05, 0.1) is 6.04 Å². The summed E-state index contributed by atoms with van der Waals surface area (Å²) >= 11 is 0. The normalized spacial score (nSPS) is 15.2. The van der Waals surface area contributed by atoms with Crippen molar-refractivity contribution in [3.8, 4) is 11.5 Å². The number of amides is 2. The van der Waals surface area contributed by atoms with E-state index in [9.17, 15) is 14.0 Å². The predicted molar refractivity (Wildman–Crippen MR) is 126 cm³/mol. The molecule has 0 saturated carbocycles. The molecule has 0 radical (unpaired) electrons. The zero-order chi connectivity index (χ0) is 23.4. The van der Waals surface area contributed by atoms with Crippen molar-refractivity contribution in [2.24, 2.45) is 0 Å². The summed E-state index contributed by atoms with van der Waals surface area (Å²) in [7, 11) is 1.84. The average molecular weight is 448 g/mol. The molecule has 1 saturated heterocycles. The zero-order valence-electron chi connectivity index (χ0n) is 18.6. The van der Waals surface area contributed by atoms with E-state index in [1.165, 1.54) is 12.1 Å². The van der Waals surface area contributed by atoms with Gasteiger partial charge >= 0.3 is 0 Å². The number of nitrogens with zero attached hydrogens (tertiary/aromatic N) is 2. The smallest absolute Gasteiger partial charge is 0.255 e. The van der Waals surface area contributed by atoms with Crippen LogP contribution < -0.4 is 15.0 Å². The Hall–Kier alpha value is -3.87. The van der Waals surface area contributed by atoms with E-state index < -0.39 is 0 Å². The number of likely N-dealkylation sites (N-methyl/N-ethyl adjacent to an activating group) is 1. The fourth-order valence-electron chi connectivity index (χ4n) is 3.82. The highest BCUT2D eigenvalue weighted by molar-refractivity contribution is 6.04. The van der Waals surface area contributed by atoms with E-state index in [1.54, 1.807) is 48.2 Å². The second-order valence-corrected chi connectivity index (χ2v) is 8.10. The van der Waals surface area contributed by atoms with Gasteiger partial charge in [-0.1, -0.05) is 0 Å². The molecule has 6 nitrogen and oxygen atoms in total. The summed E-state index contributed by atoms with van der Waals surface area (Å²) in [4.78, 5) is 28.2. The summed E-state index contributed by atoms with van der Waals surface area (Å²) in [5.41, 5.74) is 2.27. The molecule has 2 amide bonds. The van der Waals surface area contributed by atoms with E-state index in [0.29, 0.717) is 22.7 Å². The Morgan fingerprint density at radius 3 is 2.18 bits per heavy atom. The first-order valence-electron chi connectivity index (χ1n) is 10.8. The Kier molecular flexibility index (Phi) is 6.58. The standard InChI is InChI=1S/C26H26FN3O3/c1-18(31)29(2)23-15-16-30(17-23)22-9-7-21(8-10-22)28-26(32)19-3-11-24(12-4-19)33-25-13-5-20(27)6-14-25/h3-14,23H,15-17H2,1-2H3,(H,28,32). The Morgan fingerprint density at radius 2 is 1.58 bits per heavy atom. The molecule has 1 aliphatic rings. The number of benzene rings is 3. The molecule has 7 heteroatoms. The molecular formula is C26H26FN3O3. The molecule has 1 fully saturated rings. The molecule has 0 aliphatic carbocycles. The van der Waals surface area contributed by atoms with Crippen molar-refractivity contribution in [1.82, 2.24) is 4.90 Å². The molecule has 33 heavy (non-hydrogen) atoms. The van der Waals surface area contributed by atoms with Gasteiger partial charge in [-0.05, 0) is 79.2 Å². The molecule has 1 N–H and O–H groups in total. The van der Waals surface area contributed by atoms with Crippen molar-refractivity contribution >= 4 is 23.2 Å². The highest BCUT2D eigenvalue weighted by Gasteiger charge is 2.27. The van der Waals surface area contributed by atoms with Crippen molar-refractivity contribution in [1.29, 1.82) is 0 Å². The summed E-state index contributed by atoms with van der Waals surface area (Å²) in [6.07, 6.45) is 0.940. The molecule has 1 unspecified atom stereocenters. The number of carbonyl (C=O) groups is 2. The van der Waals surface area contributed by atoms with Crippen LogP contribution in [0.2, 0.25) is 0 Å². The van der Waals surface area contributed by atoms with Crippen molar-refractivity contribution in [2.45, 2.75) is 19.4 Å². The third-order valence-corrected chi connectivity index (χ3v) is 5.86. The maximum absolute atomic E-state index is 13.0. The highest BCUT2D eigenvalue weighted by Crippen LogP contribution is 2.25. The Balaban J connectivity index is 1.33. The van der Waals surface area contributed by atoms with Crippen LogP contribution >= 0.6 is 0 Å². The van der Waals surface area contributed by atoms with Crippen molar-refractivity contribution in [3.63, 3.8) is 0 Å². The van der Waals surface area contributed by atoms with E-state index in [2.05, 4.69) is 10.2 Å². The second-order valence-electron chi connectivity index (χ2n) is 8.10. The van der Waals surface area contributed by atoms with Gasteiger partial charge in [0.2, 0.25) is 5.91 Å². The minimum atomic E-state index is -0.326. The molecule has 0 spiro atoms. The molecule has 1 heterocycles. The van der Waals surface area contributed by atoms with E-state index in [-0.39, 0.29) is 23.7 Å². The first-order chi connectivity index (χ1) is 15.9. The van der Waals surface area contributed by atoms with Gasteiger partial charge in [0.1, 0.15) is 17.3 Å². The summed E-state index contributed by atoms with van der Waals surface area (Å²) in [6, 6.07) is 20.4. The SMILES string of the molecule is CC(=O)N(C)C1CCN(c2ccc(NC(=O)c3ccc(Oc4ccc(F)cc4)cc3)cc2)C1. The zero-order valence-corrected chi connectivity index (χ0v) is 18.6. The average Bonchev–Trinajstić information content (AvgIpc) is 3.31. The molecular weight excluding hydrogens is 421 g/mol. The molecule has 0 aromatic heterocycles. The fraction of sp³-hybridized carbons (Fsp3) is 0.231. The van der Waals surface area contributed by atoms with Gasteiger partial charge in [-0.15, -0.1) is 0 Å². The third-order valence-electron chi connectivity index (χ3n) is 5.86. The largest absolute Gasteiger partial charge is 0.457 e. The van der Waals surface area contributed by atoms with Crippen molar-refractivity contribution < 1.29 is 18.7 Å². The van der Waals surface area contributed by atoms with E-state index in [1.807, 2.05) is 31.3 Å². The molecule has 4 rings (SSSR count). The number of halogens is 1. The van der Waals surface area contributed by atoms with Crippen LogP contribution in [-0.4, -0.2) is 42.9 Å². The quantitative estimate of drug-likeness (QED) is 0.582. The van der Waals surface area contributed by atoms with Crippen molar-refractivity contribution in [2.75, 3.05) is 30.4 Å². The molecule has 0 bridgehead atoms. The summed E-state index contributed by atoms with van der Waals surface area (Å²) < 4.78 is 18.7. The van der Waals surface area contributed by atoms with Crippen LogP contribution in [0.15, 0.2) is 72.8 Å². The van der Waals surface area contributed by atoms with Crippen LogP contribution in [0.4, 0.5) is 15.8 Å². The van der Waals surface area contributed by atoms with E-state index in [0.717, 1.165) is 25.2 Å². The molecule has 1 aliphatic heterocycles. The lowest BCUT2D eigenvalue weighted by Gasteiger charge is -2.24. The summed E-state index contributed by atoms with van der Waals surface area (Å²) in [5.74, 6) is 0.607. The monoisotopic (exact) mass is 447 g/mol. The first kappa shape index (κ1) is 22.3. The summed E-state index contributed by atoms with van der Waals surface area (Å²) in [6.45, 7) is 3.28. The predicted octanol–water partition coefficient (Wildman–Crippen LogP) is 4.93. The fourth-order valence-corrected chi connectivity index (χ4v) is 3.82. The molecule has 170 valence electrons. The van der Waals surface area contributed by atoms with Crippen LogP contribution in [0.5, 0.6) is 11.5 Å². The minimum absolute atomic E-state index is 0.0787. The van der Waals surface area contributed by atoms with Crippen molar-refractivity contribution in [3.05, 3.63) is 84.2 Å². The molecule has 1 atom stereocenters. The number of nitrogens with one attached hydrogen (secondary N) is 1. The van der Waals surface area contributed by atoms with Crippen LogP contribution in [0.3, 0.4) is 0 Å². The second kappa shape index (κ2) is 9.73. The lowest BCUT2D eigenvalue weighted by Crippen LogP contribution is -2.37.